The number of benzene rings is 2. The van der Waals surface area contributed by atoms with Crippen molar-refractivity contribution in [3.63, 3.8) is 0 Å². The summed E-state index contributed by atoms with van der Waals surface area (Å²) in [6.45, 7) is 5.00. The van der Waals surface area contributed by atoms with Crippen LogP contribution >= 0.6 is 23.2 Å². The van der Waals surface area contributed by atoms with Gasteiger partial charge in [-0.3, -0.25) is 4.79 Å². The van der Waals surface area contributed by atoms with Crippen molar-refractivity contribution in [3.05, 3.63) is 64.7 Å². The number of rotatable bonds is 4. The molecule has 2 unspecified atom stereocenters. The number of aromatic nitrogens is 2. The van der Waals surface area contributed by atoms with Gasteiger partial charge in [0.15, 0.2) is 5.82 Å². The van der Waals surface area contributed by atoms with Gasteiger partial charge < -0.3 is 15.4 Å². The molecule has 1 amide bonds. The van der Waals surface area contributed by atoms with Gasteiger partial charge in [0.05, 0.1) is 45.7 Å². The topological polar surface area (TPSA) is 76.1 Å². The van der Waals surface area contributed by atoms with E-state index in [1.165, 1.54) is 24.5 Å². The molecule has 5 rings (SSSR count). The molecule has 33 heavy (non-hydrogen) atoms. The van der Waals surface area contributed by atoms with E-state index in [1.54, 1.807) is 12.1 Å². The fourth-order valence-electron chi connectivity index (χ4n) is 3.96. The van der Waals surface area contributed by atoms with E-state index in [-0.39, 0.29) is 21.6 Å². The SMILES string of the molecule is C=CC(=O)Nc1cc2c(Nc3ccc(Cl)c(Cl)c3F)ncnc2cc1C#CC1C2COCC12. The van der Waals surface area contributed by atoms with Gasteiger partial charge in [0, 0.05) is 23.1 Å². The highest BCUT2D eigenvalue weighted by atomic mass is 35.5. The molecular formula is C24H17Cl2FN4O2. The van der Waals surface area contributed by atoms with Crippen LogP contribution in [0.25, 0.3) is 10.9 Å². The maximum Gasteiger partial charge on any atom is 0.247 e. The lowest BCUT2D eigenvalue weighted by molar-refractivity contribution is -0.111. The van der Waals surface area contributed by atoms with Gasteiger partial charge in [0.2, 0.25) is 5.91 Å². The summed E-state index contributed by atoms with van der Waals surface area (Å²) >= 11 is 11.8. The van der Waals surface area contributed by atoms with E-state index in [0.29, 0.717) is 45.7 Å². The Hall–Kier alpha value is -3.18. The van der Waals surface area contributed by atoms with Gasteiger partial charge in [-0.1, -0.05) is 41.6 Å². The predicted octanol–water partition coefficient (Wildman–Crippen LogP) is 5.19. The zero-order valence-corrected chi connectivity index (χ0v) is 18.7. The van der Waals surface area contributed by atoms with Crippen LogP contribution in [0.2, 0.25) is 10.0 Å². The molecule has 0 bridgehead atoms. The fourth-order valence-corrected chi connectivity index (χ4v) is 4.27. The Bertz CT molecular complexity index is 1360. The third kappa shape index (κ3) is 4.13. The first kappa shape index (κ1) is 21.7. The molecule has 1 saturated carbocycles. The zero-order chi connectivity index (χ0) is 23.1. The Labute approximate surface area is 199 Å². The molecule has 6 nitrogen and oxygen atoms in total. The van der Waals surface area contributed by atoms with Crippen molar-refractivity contribution in [3.8, 4) is 11.8 Å². The molecule has 2 heterocycles. The number of nitrogens with one attached hydrogen (secondary N) is 2. The van der Waals surface area contributed by atoms with Crippen LogP contribution in [0.15, 0.2) is 43.2 Å². The average molecular weight is 483 g/mol. The van der Waals surface area contributed by atoms with Gasteiger partial charge in [0.25, 0.3) is 0 Å². The van der Waals surface area contributed by atoms with Crippen LogP contribution in [0, 0.1) is 35.4 Å². The van der Waals surface area contributed by atoms with Crippen LogP contribution in [0.4, 0.5) is 21.6 Å². The molecule has 1 aliphatic heterocycles. The van der Waals surface area contributed by atoms with E-state index >= 15 is 0 Å². The monoisotopic (exact) mass is 482 g/mol. The molecule has 3 aromatic rings. The molecule has 1 aromatic heterocycles. The van der Waals surface area contributed by atoms with E-state index in [1.807, 2.05) is 0 Å². The van der Waals surface area contributed by atoms with Crippen molar-refractivity contribution in [2.24, 2.45) is 17.8 Å². The van der Waals surface area contributed by atoms with Crippen LogP contribution in [0.3, 0.4) is 0 Å². The summed E-state index contributed by atoms with van der Waals surface area (Å²) in [6.07, 6.45) is 2.54. The summed E-state index contributed by atoms with van der Waals surface area (Å²) in [5.41, 5.74) is 1.78. The largest absolute Gasteiger partial charge is 0.381 e. The summed E-state index contributed by atoms with van der Waals surface area (Å²) in [4.78, 5) is 20.6. The molecule has 9 heteroatoms. The van der Waals surface area contributed by atoms with Gasteiger partial charge in [-0.05, 0) is 30.3 Å². The number of hydrogen-bond donors (Lipinski definition) is 2. The number of ether oxygens (including phenoxy) is 1. The highest BCUT2D eigenvalue weighted by molar-refractivity contribution is 6.42. The van der Waals surface area contributed by atoms with Crippen LogP contribution < -0.4 is 10.6 Å². The highest BCUT2D eigenvalue weighted by Gasteiger charge is 2.53. The van der Waals surface area contributed by atoms with E-state index in [0.717, 1.165) is 13.2 Å². The molecule has 0 radical (unpaired) electrons. The molecule has 2 aliphatic rings. The Balaban J connectivity index is 1.55. The minimum absolute atomic E-state index is 0.104. The lowest BCUT2D eigenvalue weighted by atomic mass is 10.1. The molecule has 166 valence electrons. The number of anilines is 3. The average Bonchev–Trinajstić information content (AvgIpc) is 3.23. The van der Waals surface area contributed by atoms with Crippen LogP contribution in [0.5, 0.6) is 0 Å². The van der Waals surface area contributed by atoms with Gasteiger partial charge in [-0.2, -0.15) is 0 Å². The first-order chi connectivity index (χ1) is 16.0. The number of nitrogens with zero attached hydrogens (tertiary/aromatic N) is 2. The summed E-state index contributed by atoms with van der Waals surface area (Å²) in [7, 11) is 0. The molecule has 1 aliphatic carbocycles. The number of fused-ring (bicyclic) bond motifs is 2. The normalized spacial score (nSPS) is 20.5. The fraction of sp³-hybridized carbons (Fsp3) is 0.208. The second-order valence-corrected chi connectivity index (χ2v) is 8.62. The minimum atomic E-state index is -0.697. The zero-order valence-electron chi connectivity index (χ0n) is 17.2. The second kappa shape index (κ2) is 8.64. The Morgan fingerprint density at radius 3 is 2.76 bits per heavy atom. The van der Waals surface area contributed by atoms with Crippen molar-refractivity contribution >= 4 is 57.2 Å². The standard InChI is InChI=1S/C24H17Cl2FN4O2/c1-2-21(32)30-19-8-14-20(7-12(19)3-4-13-15-9-33-10-16(13)15)28-11-29-24(14)31-18-6-5-17(25)22(26)23(18)27/h2,5-8,11,13,15-16H,1,9-10H2,(H,30,32)(H,28,29,31). The lowest BCUT2D eigenvalue weighted by Crippen LogP contribution is -2.09. The maximum atomic E-state index is 14.6. The smallest absolute Gasteiger partial charge is 0.247 e. The van der Waals surface area contributed by atoms with Gasteiger partial charge in [-0.25, -0.2) is 14.4 Å². The second-order valence-electron chi connectivity index (χ2n) is 7.84. The van der Waals surface area contributed by atoms with Crippen LogP contribution in [-0.4, -0.2) is 29.1 Å². The number of hydrogen-bond acceptors (Lipinski definition) is 5. The van der Waals surface area contributed by atoms with E-state index in [2.05, 4.69) is 39.0 Å². The molecule has 2 atom stereocenters. The predicted molar refractivity (Wildman–Crippen MR) is 126 cm³/mol. The highest BCUT2D eigenvalue weighted by Crippen LogP contribution is 2.50. The van der Waals surface area contributed by atoms with Crippen molar-refractivity contribution in [1.29, 1.82) is 0 Å². The summed E-state index contributed by atoms with van der Waals surface area (Å²) in [5.74, 6) is 7.03. The lowest BCUT2D eigenvalue weighted by Gasteiger charge is -2.13. The number of halogens is 3. The van der Waals surface area contributed by atoms with Crippen molar-refractivity contribution in [1.82, 2.24) is 9.97 Å². The van der Waals surface area contributed by atoms with E-state index in [9.17, 15) is 9.18 Å². The Kier molecular flexibility index (Phi) is 5.67. The summed E-state index contributed by atoms with van der Waals surface area (Å²) in [5, 5.41) is 6.20. The van der Waals surface area contributed by atoms with Gasteiger partial charge in [0.1, 0.15) is 12.1 Å². The molecular weight excluding hydrogens is 466 g/mol. The first-order valence-corrected chi connectivity index (χ1v) is 10.9. The third-order valence-electron chi connectivity index (χ3n) is 5.83. The molecule has 1 saturated heterocycles. The van der Waals surface area contributed by atoms with Crippen molar-refractivity contribution in [2.75, 3.05) is 23.8 Å². The van der Waals surface area contributed by atoms with Crippen molar-refractivity contribution in [2.45, 2.75) is 0 Å². The van der Waals surface area contributed by atoms with Crippen LogP contribution in [0.1, 0.15) is 5.56 Å². The number of amides is 1. The first-order valence-electron chi connectivity index (χ1n) is 10.2. The summed E-state index contributed by atoms with van der Waals surface area (Å²) < 4.78 is 20.0. The van der Waals surface area contributed by atoms with Crippen LogP contribution in [-0.2, 0) is 9.53 Å². The molecule has 0 spiro atoms. The molecule has 2 fully saturated rings. The number of carbonyl (C=O) groups is 1. The third-order valence-corrected chi connectivity index (χ3v) is 6.61. The Morgan fingerprint density at radius 1 is 1.21 bits per heavy atom. The van der Waals surface area contributed by atoms with Gasteiger partial charge >= 0.3 is 0 Å². The molecule has 2 aromatic carbocycles. The molecule has 2 N–H and O–H groups in total. The Morgan fingerprint density at radius 2 is 2.00 bits per heavy atom. The number of carbonyl (C=O) groups excluding carboxylic acids is 1. The van der Waals surface area contributed by atoms with E-state index in [4.69, 9.17) is 27.9 Å². The van der Waals surface area contributed by atoms with Gasteiger partial charge in [-0.15, -0.1) is 0 Å². The minimum Gasteiger partial charge on any atom is -0.381 e. The summed E-state index contributed by atoms with van der Waals surface area (Å²) in [6, 6.07) is 6.43. The van der Waals surface area contributed by atoms with E-state index < -0.39 is 5.82 Å². The maximum absolute atomic E-state index is 14.6. The van der Waals surface area contributed by atoms with Crippen molar-refractivity contribution < 1.29 is 13.9 Å². The quantitative estimate of drug-likeness (QED) is 0.304.